The summed E-state index contributed by atoms with van der Waals surface area (Å²) in [6.45, 7) is 0.408. The van der Waals surface area contributed by atoms with E-state index in [0.29, 0.717) is 23.6 Å². The number of nitrogens with one attached hydrogen (secondary N) is 2. The van der Waals surface area contributed by atoms with Crippen molar-refractivity contribution < 1.29 is 19.1 Å². The molecule has 2 rings (SSSR count). The second-order valence-corrected chi connectivity index (χ2v) is 5.73. The van der Waals surface area contributed by atoms with Gasteiger partial charge in [-0.15, -0.1) is 0 Å². The average molecular weight is 349 g/mol. The van der Waals surface area contributed by atoms with Crippen molar-refractivity contribution in [2.24, 2.45) is 0 Å². The molecule has 2 aromatic rings. The van der Waals surface area contributed by atoms with E-state index in [2.05, 4.69) is 15.0 Å². The fourth-order valence-corrected chi connectivity index (χ4v) is 2.49. The zero-order chi connectivity index (χ0) is 17.4. The Balaban J connectivity index is 1.94. The molecule has 0 saturated carbocycles. The molecule has 2 amide bonds. The van der Waals surface area contributed by atoms with Crippen molar-refractivity contribution in [1.29, 1.82) is 0 Å². The van der Waals surface area contributed by atoms with Gasteiger partial charge in [0.25, 0.3) is 11.8 Å². The van der Waals surface area contributed by atoms with Crippen molar-refractivity contribution in [3.05, 3.63) is 40.9 Å². The lowest BCUT2D eigenvalue weighted by Crippen LogP contribution is -2.26. The smallest absolute Gasteiger partial charge is 0.257 e. The van der Waals surface area contributed by atoms with Crippen LogP contribution in [-0.4, -0.2) is 43.5 Å². The molecule has 2 N–H and O–H groups in total. The van der Waals surface area contributed by atoms with Gasteiger partial charge in [-0.3, -0.25) is 9.59 Å². The topological polar surface area (TPSA) is 89.5 Å². The number of likely N-dealkylation sites (N-methyl/N-ethyl adjacent to an activating group) is 1. The Kier molecular flexibility index (Phi) is 6.56. The minimum atomic E-state index is -0.248. The molecule has 7 nitrogen and oxygen atoms in total. The number of carbonyl (C=O) groups excluding carboxylic acids is 2. The van der Waals surface area contributed by atoms with Crippen LogP contribution in [-0.2, 0) is 11.2 Å². The molecule has 0 unspecified atom stereocenters. The Labute approximate surface area is 144 Å². The van der Waals surface area contributed by atoms with Gasteiger partial charge >= 0.3 is 0 Å². The van der Waals surface area contributed by atoms with Gasteiger partial charge < -0.3 is 20.1 Å². The molecule has 0 spiro atoms. The first-order valence-corrected chi connectivity index (χ1v) is 8.10. The molecule has 0 fully saturated rings. The third kappa shape index (κ3) is 4.95. The first-order chi connectivity index (χ1) is 11.6. The molecular formula is C16H19N3O4S. The van der Waals surface area contributed by atoms with Gasteiger partial charge in [0.15, 0.2) is 18.1 Å². The van der Waals surface area contributed by atoms with E-state index in [1.807, 2.05) is 6.07 Å². The van der Waals surface area contributed by atoms with Gasteiger partial charge in [0.05, 0.1) is 7.11 Å². The summed E-state index contributed by atoms with van der Waals surface area (Å²) in [4.78, 5) is 24.5. The second-order valence-electron chi connectivity index (χ2n) is 4.81. The molecule has 1 aromatic heterocycles. The quantitative estimate of drug-likeness (QED) is 0.749. The van der Waals surface area contributed by atoms with Gasteiger partial charge in [-0.25, -0.2) is 4.37 Å². The van der Waals surface area contributed by atoms with Crippen LogP contribution in [0, 0.1) is 0 Å². The predicted octanol–water partition coefficient (Wildman–Crippen LogP) is 1.25. The summed E-state index contributed by atoms with van der Waals surface area (Å²) in [5.41, 5.74) is 0.462. The molecule has 0 saturated heterocycles. The predicted molar refractivity (Wildman–Crippen MR) is 90.7 cm³/mol. The number of rotatable bonds is 8. The van der Waals surface area contributed by atoms with E-state index in [4.69, 9.17) is 9.47 Å². The van der Waals surface area contributed by atoms with Gasteiger partial charge in [-0.1, -0.05) is 0 Å². The first kappa shape index (κ1) is 17.7. The summed E-state index contributed by atoms with van der Waals surface area (Å²) in [5, 5.41) is 5.31. The molecule has 0 aliphatic carbocycles. The largest absolute Gasteiger partial charge is 0.493 e. The third-order valence-corrected chi connectivity index (χ3v) is 4.01. The Hall–Kier alpha value is -2.61. The van der Waals surface area contributed by atoms with Crippen molar-refractivity contribution in [2.45, 2.75) is 6.42 Å². The van der Waals surface area contributed by atoms with Crippen LogP contribution in [0.25, 0.3) is 0 Å². The molecule has 1 heterocycles. The van der Waals surface area contributed by atoms with Crippen molar-refractivity contribution in [3.8, 4) is 11.5 Å². The summed E-state index contributed by atoms with van der Waals surface area (Å²) in [6.07, 6.45) is 2.48. The minimum absolute atomic E-state index is 0.118. The van der Waals surface area contributed by atoms with Crippen LogP contribution in [0.4, 0.5) is 0 Å². The van der Waals surface area contributed by atoms with Crippen LogP contribution in [0.15, 0.2) is 30.5 Å². The number of benzene rings is 1. The number of aromatic nitrogens is 1. The molecule has 1 aromatic carbocycles. The number of nitrogens with zero attached hydrogens (tertiary/aromatic N) is 1. The number of hydrogen-bond donors (Lipinski definition) is 2. The lowest BCUT2D eigenvalue weighted by molar-refractivity contribution is -0.122. The standard InChI is InChI=1S/C16H19N3O4S/c1-17-15(20)10-23-13-4-3-11(9-14(13)22-2)16(21)18-7-5-12-6-8-19-24-12/h3-4,6,8-9H,5,7,10H2,1-2H3,(H,17,20)(H,18,21). The van der Waals surface area contributed by atoms with E-state index in [9.17, 15) is 9.59 Å². The minimum Gasteiger partial charge on any atom is -0.493 e. The monoisotopic (exact) mass is 349 g/mol. The van der Waals surface area contributed by atoms with Gasteiger partial charge in [-0.2, -0.15) is 0 Å². The Morgan fingerprint density at radius 3 is 2.75 bits per heavy atom. The van der Waals surface area contributed by atoms with Gasteiger partial charge in [0, 0.05) is 36.7 Å². The van der Waals surface area contributed by atoms with E-state index < -0.39 is 0 Å². The lowest BCUT2D eigenvalue weighted by atomic mass is 10.2. The number of hydrogen-bond acceptors (Lipinski definition) is 6. The summed E-state index contributed by atoms with van der Waals surface area (Å²) in [6, 6.07) is 6.75. The van der Waals surface area contributed by atoms with Crippen molar-refractivity contribution in [2.75, 3.05) is 27.3 Å². The molecule has 24 heavy (non-hydrogen) atoms. The molecule has 128 valence electrons. The molecule has 8 heteroatoms. The third-order valence-electron chi connectivity index (χ3n) is 3.21. The number of carbonyl (C=O) groups is 2. The zero-order valence-corrected chi connectivity index (χ0v) is 14.3. The van der Waals surface area contributed by atoms with E-state index >= 15 is 0 Å². The first-order valence-electron chi connectivity index (χ1n) is 7.33. The second kappa shape index (κ2) is 8.88. The Morgan fingerprint density at radius 2 is 2.08 bits per heavy atom. The summed E-state index contributed by atoms with van der Waals surface area (Å²) in [5.74, 6) is 0.355. The number of amides is 2. The van der Waals surface area contributed by atoms with Crippen molar-refractivity contribution in [1.82, 2.24) is 15.0 Å². The van der Waals surface area contributed by atoms with E-state index in [1.54, 1.807) is 24.4 Å². The van der Waals surface area contributed by atoms with Gasteiger partial charge in [-0.05, 0) is 35.8 Å². The van der Waals surface area contributed by atoms with Crippen LogP contribution in [0.1, 0.15) is 15.2 Å². The lowest BCUT2D eigenvalue weighted by Gasteiger charge is -2.12. The maximum Gasteiger partial charge on any atom is 0.257 e. The molecule has 0 atom stereocenters. The molecule has 0 radical (unpaired) electrons. The Bertz CT molecular complexity index is 689. The van der Waals surface area contributed by atoms with Gasteiger partial charge in [0.2, 0.25) is 0 Å². The molecule has 0 aliphatic rings. The molecule has 0 aliphatic heterocycles. The van der Waals surface area contributed by atoms with E-state index in [0.717, 1.165) is 11.3 Å². The van der Waals surface area contributed by atoms with E-state index in [1.165, 1.54) is 25.7 Å². The SMILES string of the molecule is CNC(=O)COc1ccc(C(=O)NCCc2ccns2)cc1OC. The van der Waals surface area contributed by atoms with Crippen molar-refractivity contribution in [3.63, 3.8) is 0 Å². The summed E-state index contributed by atoms with van der Waals surface area (Å²) in [7, 11) is 3.01. The summed E-state index contributed by atoms with van der Waals surface area (Å²) >= 11 is 1.42. The highest BCUT2D eigenvalue weighted by molar-refractivity contribution is 7.05. The van der Waals surface area contributed by atoms with Crippen LogP contribution in [0.5, 0.6) is 11.5 Å². The highest BCUT2D eigenvalue weighted by atomic mass is 32.1. The number of ether oxygens (including phenoxy) is 2. The Morgan fingerprint density at radius 1 is 1.25 bits per heavy atom. The fourth-order valence-electron chi connectivity index (χ4n) is 1.92. The average Bonchev–Trinajstić information content (AvgIpc) is 3.12. The van der Waals surface area contributed by atoms with Crippen LogP contribution >= 0.6 is 11.5 Å². The number of methoxy groups -OCH3 is 1. The van der Waals surface area contributed by atoms with Crippen LogP contribution < -0.4 is 20.1 Å². The maximum atomic E-state index is 12.2. The fraction of sp³-hybridized carbons (Fsp3) is 0.312. The van der Waals surface area contributed by atoms with Crippen molar-refractivity contribution >= 4 is 23.3 Å². The molecule has 0 bridgehead atoms. The maximum absolute atomic E-state index is 12.2. The normalized spacial score (nSPS) is 10.1. The highest BCUT2D eigenvalue weighted by Gasteiger charge is 2.12. The zero-order valence-electron chi connectivity index (χ0n) is 13.5. The van der Waals surface area contributed by atoms with Crippen LogP contribution in [0.3, 0.4) is 0 Å². The van der Waals surface area contributed by atoms with Crippen LogP contribution in [0.2, 0.25) is 0 Å². The van der Waals surface area contributed by atoms with E-state index in [-0.39, 0.29) is 18.4 Å². The molecular weight excluding hydrogens is 330 g/mol. The van der Waals surface area contributed by atoms with Gasteiger partial charge in [0.1, 0.15) is 0 Å². The summed E-state index contributed by atoms with van der Waals surface area (Å²) < 4.78 is 14.6. The highest BCUT2D eigenvalue weighted by Crippen LogP contribution is 2.28.